The number of thiol groups is 1. The van der Waals surface area contributed by atoms with Crippen molar-refractivity contribution in [1.29, 1.82) is 0 Å². The van der Waals surface area contributed by atoms with Gasteiger partial charge in [-0.2, -0.15) is 12.6 Å². The molecule has 0 bridgehead atoms. The van der Waals surface area contributed by atoms with Gasteiger partial charge in [-0.25, -0.2) is 0 Å². The van der Waals surface area contributed by atoms with E-state index in [1.807, 2.05) is 0 Å². The van der Waals surface area contributed by atoms with Crippen LogP contribution in [-0.4, -0.2) is 29.8 Å². The zero-order chi connectivity index (χ0) is 11.3. The van der Waals surface area contributed by atoms with Crippen LogP contribution in [-0.2, 0) is 0 Å². The fourth-order valence-electron chi connectivity index (χ4n) is 2.17. The summed E-state index contributed by atoms with van der Waals surface area (Å²) in [4.78, 5) is 2.36. The van der Waals surface area contributed by atoms with Crippen LogP contribution in [0, 0.1) is 5.92 Å². The van der Waals surface area contributed by atoms with E-state index < -0.39 is 0 Å². The molecule has 86 valence electrons. The Labute approximate surface area is 99.6 Å². The first-order chi connectivity index (χ1) is 7.17. The van der Waals surface area contributed by atoms with Gasteiger partial charge in [-0.15, -0.1) is 6.58 Å². The highest BCUT2D eigenvalue weighted by atomic mass is 32.1. The summed E-state index contributed by atoms with van der Waals surface area (Å²) in [6.07, 6.45) is 10.2. The number of allylic oxidation sites excluding steroid dienone is 1. The van der Waals surface area contributed by atoms with Crippen molar-refractivity contribution in [2.24, 2.45) is 5.92 Å². The van der Waals surface area contributed by atoms with Gasteiger partial charge in [0.1, 0.15) is 0 Å². The Bertz CT molecular complexity index is 225. The molecule has 0 amide bonds. The van der Waals surface area contributed by atoms with Crippen molar-refractivity contribution in [2.45, 2.75) is 37.5 Å². The van der Waals surface area contributed by atoms with Crippen molar-refractivity contribution >= 4 is 12.6 Å². The number of likely N-dealkylation sites (N-methyl/N-ethyl adjacent to an activating group) is 1. The average molecular weight is 225 g/mol. The van der Waals surface area contributed by atoms with E-state index in [2.05, 4.69) is 56.3 Å². The average Bonchev–Trinajstić information content (AvgIpc) is 2.25. The lowest BCUT2D eigenvalue weighted by molar-refractivity contribution is 0.248. The summed E-state index contributed by atoms with van der Waals surface area (Å²) >= 11 is 4.52. The van der Waals surface area contributed by atoms with Crippen molar-refractivity contribution in [3.8, 4) is 0 Å². The predicted octanol–water partition coefficient (Wildman–Crippen LogP) is 3.15. The van der Waals surface area contributed by atoms with E-state index in [0.29, 0.717) is 11.3 Å². The maximum Gasteiger partial charge on any atom is 0.0275 e. The van der Waals surface area contributed by atoms with Crippen molar-refractivity contribution in [1.82, 2.24) is 4.90 Å². The molecule has 2 heteroatoms. The fourth-order valence-corrected chi connectivity index (χ4v) is 2.59. The predicted molar refractivity (Wildman–Crippen MR) is 71.5 cm³/mol. The Morgan fingerprint density at radius 1 is 1.67 bits per heavy atom. The lowest BCUT2D eigenvalue weighted by atomic mass is 9.88. The minimum atomic E-state index is 0.459. The topological polar surface area (TPSA) is 3.24 Å². The maximum absolute atomic E-state index is 4.52. The summed E-state index contributed by atoms with van der Waals surface area (Å²) in [5.41, 5.74) is 0. The SMILES string of the molecule is C=CC(CC1CC=CC(S)C1)N(C)CC. The van der Waals surface area contributed by atoms with Gasteiger partial charge in [0, 0.05) is 11.3 Å². The van der Waals surface area contributed by atoms with Crippen LogP contribution in [0.25, 0.3) is 0 Å². The minimum absolute atomic E-state index is 0.459. The molecule has 3 atom stereocenters. The molecule has 0 aromatic carbocycles. The van der Waals surface area contributed by atoms with E-state index in [4.69, 9.17) is 0 Å². The first-order valence-corrected chi connectivity index (χ1v) is 6.36. The molecular weight excluding hydrogens is 202 g/mol. The zero-order valence-corrected chi connectivity index (χ0v) is 10.8. The van der Waals surface area contributed by atoms with Gasteiger partial charge in [-0.3, -0.25) is 0 Å². The van der Waals surface area contributed by atoms with Crippen molar-refractivity contribution in [3.63, 3.8) is 0 Å². The highest BCUT2D eigenvalue weighted by molar-refractivity contribution is 7.81. The van der Waals surface area contributed by atoms with Gasteiger partial charge in [0.15, 0.2) is 0 Å². The quantitative estimate of drug-likeness (QED) is 0.556. The highest BCUT2D eigenvalue weighted by Crippen LogP contribution is 2.27. The third-order valence-electron chi connectivity index (χ3n) is 3.31. The lowest BCUT2D eigenvalue weighted by Gasteiger charge is -2.30. The second-order valence-electron chi connectivity index (χ2n) is 4.44. The van der Waals surface area contributed by atoms with Crippen LogP contribution in [0.3, 0.4) is 0 Å². The summed E-state index contributed by atoms with van der Waals surface area (Å²) < 4.78 is 0. The molecule has 0 N–H and O–H groups in total. The number of hydrogen-bond donors (Lipinski definition) is 1. The second kappa shape index (κ2) is 6.39. The van der Waals surface area contributed by atoms with E-state index in [9.17, 15) is 0 Å². The van der Waals surface area contributed by atoms with Gasteiger partial charge in [0.2, 0.25) is 0 Å². The summed E-state index contributed by atoms with van der Waals surface area (Å²) in [5.74, 6) is 0.773. The van der Waals surface area contributed by atoms with E-state index in [1.165, 1.54) is 19.3 Å². The highest BCUT2D eigenvalue weighted by Gasteiger charge is 2.20. The molecule has 0 saturated carbocycles. The van der Waals surface area contributed by atoms with Crippen molar-refractivity contribution < 1.29 is 0 Å². The maximum atomic E-state index is 4.52. The second-order valence-corrected chi connectivity index (χ2v) is 5.11. The summed E-state index contributed by atoms with van der Waals surface area (Å²) in [5, 5.41) is 0.459. The first kappa shape index (κ1) is 12.9. The molecule has 1 aliphatic carbocycles. The number of hydrogen-bond acceptors (Lipinski definition) is 2. The monoisotopic (exact) mass is 225 g/mol. The molecule has 0 aromatic rings. The molecule has 15 heavy (non-hydrogen) atoms. The molecule has 1 aliphatic rings. The molecule has 0 aliphatic heterocycles. The standard InChI is InChI=1S/C13H23NS/c1-4-12(14(3)5-2)9-11-7-6-8-13(15)10-11/h4,6,8,11-13,15H,1,5,7,9-10H2,2-3H3. The van der Waals surface area contributed by atoms with Crippen LogP contribution in [0.1, 0.15) is 26.2 Å². The van der Waals surface area contributed by atoms with Crippen LogP contribution in [0.15, 0.2) is 24.8 Å². The number of nitrogens with zero attached hydrogens (tertiary/aromatic N) is 1. The Kier molecular flexibility index (Phi) is 5.48. The molecule has 1 rings (SSSR count). The number of rotatable bonds is 5. The summed E-state index contributed by atoms with van der Waals surface area (Å²) in [6.45, 7) is 7.22. The molecule has 0 spiro atoms. The van der Waals surface area contributed by atoms with Gasteiger partial charge in [0.25, 0.3) is 0 Å². The summed E-state index contributed by atoms with van der Waals surface area (Å²) in [6, 6.07) is 0.520. The van der Waals surface area contributed by atoms with Crippen LogP contribution in [0.5, 0.6) is 0 Å². The van der Waals surface area contributed by atoms with Gasteiger partial charge < -0.3 is 4.90 Å². The molecule has 0 heterocycles. The molecule has 3 unspecified atom stereocenters. The third-order valence-corrected chi connectivity index (χ3v) is 3.70. The Morgan fingerprint density at radius 3 is 2.93 bits per heavy atom. The molecule has 0 fully saturated rings. The van der Waals surface area contributed by atoms with Crippen LogP contribution in [0.2, 0.25) is 0 Å². The van der Waals surface area contributed by atoms with Crippen LogP contribution >= 0.6 is 12.6 Å². The summed E-state index contributed by atoms with van der Waals surface area (Å²) in [7, 11) is 2.17. The van der Waals surface area contributed by atoms with Crippen LogP contribution < -0.4 is 0 Å². The van der Waals surface area contributed by atoms with Gasteiger partial charge in [-0.05, 0) is 38.8 Å². The van der Waals surface area contributed by atoms with Crippen molar-refractivity contribution in [3.05, 3.63) is 24.8 Å². The van der Waals surface area contributed by atoms with E-state index >= 15 is 0 Å². The molecule has 1 nitrogen and oxygen atoms in total. The molecule has 0 aromatic heterocycles. The Balaban J connectivity index is 2.45. The van der Waals surface area contributed by atoms with Crippen molar-refractivity contribution in [2.75, 3.05) is 13.6 Å². The van der Waals surface area contributed by atoms with Gasteiger partial charge in [-0.1, -0.05) is 25.2 Å². The molecular formula is C13H23NS. The van der Waals surface area contributed by atoms with E-state index in [-0.39, 0.29) is 0 Å². The largest absolute Gasteiger partial charge is 0.300 e. The fraction of sp³-hybridized carbons (Fsp3) is 0.692. The lowest BCUT2D eigenvalue weighted by Crippen LogP contribution is -2.32. The first-order valence-electron chi connectivity index (χ1n) is 5.84. The Morgan fingerprint density at radius 2 is 2.40 bits per heavy atom. The Hall–Kier alpha value is -0.210. The zero-order valence-electron chi connectivity index (χ0n) is 9.89. The molecule has 0 radical (unpaired) electrons. The van der Waals surface area contributed by atoms with Crippen LogP contribution in [0.4, 0.5) is 0 Å². The minimum Gasteiger partial charge on any atom is -0.300 e. The normalized spacial score (nSPS) is 28.0. The van der Waals surface area contributed by atoms with Gasteiger partial charge in [0.05, 0.1) is 0 Å². The third kappa shape index (κ3) is 4.04. The smallest absolute Gasteiger partial charge is 0.0275 e. The van der Waals surface area contributed by atoms with E-state index in [0.717, 1.165) is 12.5 Å². The van der Waals surface area contributed by atoms with E-state index in [1.54, 1.807) is 0 Å². The van der Waals surface area contributed by atoms with Gasteiger partial charge >= 0.3 is 0 Å². The molecule has 0 saturated heterocycles.